The van der Waals surface area contributed by atoms with Crippen molar-refractivity contribution < 1.29 is 4.79 Å². The third-order valence-electron chi connectivity index (χ3n) is 3.08. The molecule has 1 N–H and O–H groups in total. The SMILES string of the molecule is CCCC(C)C(=O)c1c[nH]c2cc(Cl)ccc12. The van der Waals surface area contributed by atoms with E-state index in [2.05, 4.69) is 11.9 Å². The molecule has 1 atom stereocenters. The number of carbonyl (C=O) groups is 1. The fourth-order valence-electron chi connectivity index (χ4n) is 2.13. The van der Waals surface area contributed by atoms with E-state index < -0.39 is 0 Å². The first kappa shape index (κ1) is 12.2. The molecule has 0 saturated heterocycles. The Kier molecular flexibility index (Phi) is 3.53. The van der Waals surface area contributed by atoms with Crippen LogP contribution in [0.3, 0.4) is 0 Å². The number of halogens is 1. The zero-order chi connectivity index (χ0) is 12.4. The van der Waals surface area contributed by atoms with Crippen molar-refractivity contribution in [1.82, 2.24) is 4.98 Å². The number of Topliss-reactive ketones (excluding diaryl/α,β-unsaturated/α-hetero) is 1. The highest BCUT2D eigenvalue weighted by Crippen LogP contribution is 2.25. The van der Waals surface area contributed by atoms with Gasteiger partial charge in [-0.2, -0.15) is 0 Å². The summed E-state index contributed by atoms with van der Waals surface area (Å²) >= 11 is 5.91. The van der Waals surface area contributed by atoms with Gasteiger partial charge in [0, 0.05) is 33.6 Å². The number of aromatic nitrogens is 1. The molecule has 0 aliphatic carbocycles. The van der Waals surface area contributed by atoms with Crippen molar-refractivity contribution in [3.63, 3.8) is 0 Å². The molecular weight excluding hydrogens is 234 g/mol. The minimum absolute atomic E-state index is 0.0784. The second-order valence-electron chi connectivity index (χ2n) is 4.45. The maximum Gasteiger partial charge on any atom is 0.167 e. The number of H-pyrrole nitrogens is 1. The van der Waals surface area contributed by atoms with Crippen LogP contribution in [0.4, 0.5) is 0 Å². The van der Waals surface area contributed by atoms with Gasteiger partial charge in [-0.05, 0) is 18.6 Å². The third kappa shape index (κ3) is 2.37. The van der Waals surface area contributed by atoms with Crippen LogP contribution in [0.2, 0.25) is 5.02 Å². The molecule has 0 fully saturated rings. The average molecular weight is 250 g/mol. The number of carbonyl (C=O) groups excluding carboxylic acids is 1. The summed E-state index contributed by atoms with van der Waals surface area (Å²) in [5.41, 5.74) is 1.70. The molecule has 0 bridgehead atoms. The summed E-state index contributed by atoms with van der Waals surface area (Å²) in [5, 5.41) is 1.64. The van der Waals surface area contributed by atoms with Crippen molar-refractivity contribution in [3.8, 4) is 0 Å². The highest BCUT2D eigenvalue weighted by molar-refractivity contribution is 6.31. The molecule has 0 amide bonds. The Balaban J connectivity index is 2.39. The lowest BCUT2D eigenvalue weighted by molar-refractivity contribution is 0.0925. The topological polar surface area (TPSA) is 32.9 Å². The smallest absolute Gasteiger partial charge is 0.167 e. The van der Waals surface area contributed by atoms with Crippen molar-refractivity contribution in [2.75, 3.05) is 0 Å². The van der Waals surface area contributed by atoms with Crippen molar-refractivity contribution in [2.24, 2.45) is 5.92 Å². The van der Waals surface area contributed by atoms with Crippen LogP contribution in [0.15, 0.2) is 24.4 Å². The molecule has 90 valence electrons. The average Bonchev–Trinajstić information content (AvgIpc) is 2.71. The Morgan fingerprint density at radius 1 is 1.47 bits per heavy atom. The van der Waals surface area contributed by atoms with E-state index in [0.717, 1.165) is 29.3 Å². The minimum atomic E-state index is 0.0784. The van der Waals surface area contributed by atoms with Crippen molar-refractivity contribution >= 4 is 28.3 Å². The van der Waals surface area contributed by atoms with Gasteiger partial charge in [0.2, 0.25) is 0 Å². The number of fused-ring (bicyclic) bond motifs is 1. The molecule has 1 aromatic heterocycles. The number of rotatable bonds is 4. The van der Waals surface area contributed by atoms with E-state index in [4.69, 9.17) is 11.6 Å². The van der Waals surface area contributed by atoms with Crippen LogP contribution in [-0.4, -0.2) is 10.8 Å². The molecule has 2 nitrogen and oxygen atoms in total. The maximum atomic E-state index is 12.2. The lowest BCUT2D eigenvalue weighted by Crippen LogP contribution is -2.10. The Hall–Kier alpha value is -1.28. The first-order valence-electron chi connectivity index (χ1n) is 5.94. The van der Waals surface area contributed by atoms with Gasteiger partial charge in [-0.15, -0.1) is 0 Å². The Morgan fingerprint density at radius 2 is 2.24 bits per heavy atom. The quantitative estimate of drug-likeness (QED) is 0.799. The summed E-state index contributed by atoms with van der Waals surface area (Å²) in [5.74, 6) is 0.287. The van der Waals surface area contributed by atoms with E-state index >= 15 is 0 Å². The molecule has 1 unspecified atom stereocenters. The number of aromatic amines is 1. The van der Waals surface area contributed by atoms with E-state index in [1.54, 1.807) is 6.20 Å². The summed E-state index contributed by atoms with van der Waals surface area (Å²) in [6.07, 6.45) is 3.75. The summed E-state index contributed by atoms with van der Waals surface area (Å²) < 4.78 is 0. The van der Waals surface area contributed by atoms with Gasteiger partial charge in [0.05, 0.1) is 0 Å². The summed E-state index contributed by atoms with van der Waals surface area (Å²) in [6.45, 7) is 4.08. The van der Waals surface area contributed by atoms with Crippen LogP contribution in [-0.2, 0) is 0 Å². The van der Waals surface area contributed by atoms with E-state index in [-0.39, 0.29) is 11.7 Å². The number of hydrogen-bond acceptors (Lipinski definition) is 1. The molecular formula is C14H16ClNO. The Labute approximate surface area is 106 Å². The minimum Gasteiger partial charge on any atom is -0.360 e. The second kappa shape index (κ2) is 4.92. The molecule has 1 heterocycles. The van der Waals surface area contributed by atoms with Gasteiger partial charge in [0.25, 0.3) is 0 Å². The van der Waals surface area contributed by atoms with Gasteiger partial charge in [0.15, 0.2) is 5.78 Å². The molecule has 2 rings (SSSR count). The van der Waals surface area contributed by atoms with Crippen LogP contribution in [0.1, 0.15) is 37.0 Å². The molecule has 0 aliphatic rings. The van der Waals surface area contributed by atoms with Crippen LogP contribution in [0.5, 0.6) is 0 Å². The molecule has 0 radical (unpaired) electrons. The first-order chi connectivity index (χ1) is 8.13. The Morgan fingerprint density at radius 3 is 2.94 bits per heavy atom. The Bertz CT molecular complexity index is 544. The normalized spacial score (nSPS) is 12.9. The number of benzene rings is 1. The fourth-order valence-corrected chi connectivity index (χ4v) is 2.30. The predicted octanol–water partition coefficient (Wildman–Crippen LogP) is 4.44. The van der Waals surface area contributed by atoms with E-state index in [0.29, 0.717) is 5.02 Å². The van der Waals surface area contributed by atoms with Gasteiger partial charge in [0.1, 0.15) is 0 Å². The highest BCUT2D eigenvalue weighted by Gasteiger charge is 2.17. The molecule has 0 aliphatic heterocycles. The summed E-state index contributed by atoms with van der Waals surface area (Å²) in [7, 11) is 0. The third-order valence-corrected chi connectivity index (χ3v) is 3.31. The number of hydrogen-bond donors (Lipinski definition) is 1. The van der Waals surface area contributed by atoms with Gasteiger partial charge in [-0.25, -0.2) is 0 Å². The number of ketones is 1. The van der Waals surface area contributed by atoms with Crippen LogP contribution >= 0.6 is 11.6 Å². The van der Waals surface area contributed by atoms with E-state index in [9.17, 15) is 4.79 Å². The van der Waals surface area contributed by atoms with Gasteiger partial charge < -0.3 is 4.98 Å². The van der Waals surface area contributed by atoms with E-state index in [1.165, 1.54) is 0 Å². The summed E-state index contributed by atoms with van der Waals surface area (Å²) in [6, 6.07) is 5.57. The largest absolute Gasteiger partial charge is 0.360 e. The molecule has 0 spiro atoms. The molecule has 1 aromatic carbocycles. The van der Waals surface area contributed by atoms with Gasteiger partial charge in [-0.1, -0.05) is 37.9 Å². The van der Waals surface area contributed by atoms with Crippen LogP contribution in [0, 0.1) is 5.92 Å². The zero-order valence-corrected chi connectivity index (χ0v) is 10.8. The van der Waals surface area contributed by atoms with Crippen molar-refractivity contribution in [3.05, 3.63) is 35.0 Å². The van der Waals surface area contributed by atoms with Crippen LogP contribution < -0.4 is 0 Å². The lowest BCUT2D eigenvalue weighted by Gasteiger charge is -2.07. The zero-order valence-electron chi connectivity index (χ0n) is 10.1. The van der Waals surface area contributed by atoms with Crippen molar-refractivity contribution in [1.29, 1.82) is 0 Å². The predicted molar refractivity (Wildman–Crippen MR) is 71.7 cm³/mol. The standard InChI is InChI=1S/C14H16ClNO/c1-3-4-9(2)14(17)12-8-16-13-7-10(15)5-6-11(12)13/h5-9,16H,3-4H2,1-2H3. The highest BCUT2D eigenvalue weighted by atomic mass is 35.5. The summed E-state index contributed by atoms with van der Waals surface area (Å²) in [4.78, 5) is 15.3. The fraction of sp³-hybridized carbons (Fsp3) is 0.357. The maximum absolute atomic E-state index is 12.2. The van der Waals surface area contributed by atoms with Crippen molar-refractivity contribution in [2.45, 2.75) is 26.7 Å². The first-order valence-corrected chi connectivity index (χ1v) is 6.32. The monoisotopic (exact) mass is 249 g/mol. The molecule has 3 heteroatoms. The lowest BCUT2D eigenvalue weighted by atomic mass is 9.95. The second-order valence-corrected chi connectivity index (χ2v) is 4.88. The molecule has 2 aromatic rings. The molecule has 17 heavy (non-hydrogen) atoms. The number of nitrogens with one attached hydrogen (secondary N) is 1. The van der Waals surface area contributed by atoms with Crippen LogP contribution in [0.25, 0.3) is 10.9 Å². The van der Waals surface area contributed by atoms with E-state index in [1.807, 2.05) is 25.1 Å². The molecule has 0 saturated carbocycles. The van der Waals surface area contributed by atoms with Gasteiger partial charge >= 0.3 is 0 Å². The van der Waals surface area contributed by atoms with Gasteiger partial charge in [-0.3, -0.25) is 4.79 Å².